The summed E-state index contributed by atoms with van der Waals surface area (Å²) in [5.74, 6) is 1.72. The largest absolute Gasteiger partial charge is 0.497 e. The number of carbonyl (C=O) groups excluding carboxylic acids is 1. The predicted octanol–water partition coefficient (Wildman–Crippen LogP) is 2.43. The number of carbonyl (C=O) groups is 1. The number of ether oxygens (including phenoxy) is 1. The first kappa shape index (κ1) is 17.5. The highest BCUT2D eigenvalue weighted by atomic mass is 16.5. The molecule has 1 amide bonds. The Labute approximate surface area is 148 Å². The zero-order valence-electron chi connectivity index (χ0n) is 14.8. The van der Waals surface area contributed by atoms with Gasteiger partial charge in [0.2, 0.25) is 5.91 Å². The first-order valence-electron chi connectivity index (χ1n) is 8.59. The van der Waals surface area contributed by atoms with E-state index in [1.54, 1.807) is 13.4 Å². The Kier molecular flexibility index (Phi) is 5.73. The Morgan fingerprint density at radius 2 is 2.04 bits per heavy atom. The van der Waals surface area contributed by atoms with Gasteiger partial charge in [-0.25, -0.2) is 0 Å². The minimum atomic E-state index is -0.169. The van der Waals surface area contributed by atoms with Crippen molar-refractivity contribution in [3.63, 3.8) is 0 Å². The van der Waals surface area contributed by atoms with Gasteiger partial charge in [-0.1, -0.05) is 6.07 Å². The number of amides is 1. The SMILES string of the molecule is COc1cccc(NC(=O)[C@H](C)N2CCN(Cc3ccco3)CC2)c1. The molecule has 3 rings (SSSR count). The number of methoxy groups -OCH3 is 1. The van der Waals surface area contributed by atoms with Crippen LogP contribution in [0, 0.1) is 0 Å². The maximum absolute atomic E-state index is 12.5. The van der Waals surface area contributed by atoms with E-state index in [9.17, 15) is 4.79 Å². The van der Waals surface area contributed by atoms with Gasteiger partial charge < -0.3 is 14.5 Å². The fraction of sp³-hybridized carbons (Fsp3) is 0.421. The van der Waals surface area contributed by atoms with Gasteiger partial charge in [-0.15, -0.1) is 0 Å². The minimum absolute atomic E-state index is 0.00716. The second kappa shape index (κ2) is 8.18. The summed E-state index contributed by atoms with van der Waals surface area (Å²) in [6.45, 7) is 6.37. The summed E-state index contributed by atoms with van der Waals surface area (Å²) in [5.41, 5.74) is 0.757. The van der Waals surface area contributed by atoms with E-state index in [2.05, 4.69) is 15.1 Å². The van der Waals surface area contributed by atoms with E-state index in [1.807, 2.05) is 43.3 Å². The highest BCUT2D eigenvalue weighted by Crippen LogP contribution is 2.18. The molecule has 1 saturated heterocycles. The molecule has 0 saturated carbocycles. The zero-order valence-corrected chi connectivity index (χ0v) is 14.8. The van der Waals surface area contributed by atoms with Crippen LogP contribution >= 0.6 is 0 Å². The van der Waals surface area contributed by atoms with E-state index >= 15 is 0 Å². The number of piperazine rings is 1. The third-order valence-electron chi connectivity index (χ3n) is 4.63. The number of hydrogen-bond acceptors (Lipinski definition) is 5. The average Bonchev–Trinajstić information content (AvgIpc) is 3.15. The molecule has 1 aliphatic heterocycles. The van der Waals surface area contributed by atoms with Crippen molar-refractivity contribution in [1.82, 2.24) is 9.80 Å². The van der Waals surface area contributed by atoms with E-state index in [4.69, 9.17) is 9.15 Å². The summed E-state index contributed by atoms with van der Waals surface area (Å²) in [6, 6.07) is 11.2. The second-order valence-corrected chi connectivity index (χ2v) is 6.29. The maximum Gasteiger partial charge on any atom is 0.241 e. The molecule has 0 aliphatic carbocycles. The van der Waals surface area contributed by atoms with Gasteiger partial charge in [0, 0.05) is 37.9 Å². The molecule has 0 spiro atoms. The molecular formula is C19H25N3O3. The van der Waals surface area contributed by atoms with Crippen LogP contribution in [0.25, 0.3) is 0 Å². The summed E-state index contributed by atoms with van der Waals surface area (Å²) in [5, 5.41) is 2.97. The third kappa shape index (κ3) is 4.61. The van der Waals surface area contributed by atoms with Crippen LogP contribution in [0.4, 0.5) is 5.69 Å². The molecule has 1 aromatic carbocycles. The Bertz CT molecular complexity index is 679. The van der Waals surface area contributed by atoms with Crippen LogP contribution in [0.2, 0.25) is 0 Å². The van der Waals surface area contributed by atoms with Crippen molar-refractivity contribution in [3.8, 4) is 5.75 Å². The van der Waals surface area contributed by atoms with Gasteiger partial charge in [0.15, 0.2) is 0 Å². The van der Waals surface area contributed by atoms with Crippen molar-refractivity contribution >= 4 is 11.6 Å². The summed E-state index contributed by atoms with van der Waals surface area (Å²) in [6.07, 6.45) is 1.70. The van der Waals surface area contributed by atoms with Gasteiger partial charge >= 0.3 is 0 Å². The van der Waals surface area contributed by atoms with Crippen molar-refractivity contribution in [2.24, 2.45) is 0 Å². The second-order valence-electron chi connectivity index (χ2n) is 6.29. The van der Waals surface area contributed by atoms with Crippen LogP contribution in [-0.4, -0.2) is 55.0 Å². The first-order chi connectivity index (χ1) is 12.2. The van der Waals surface area contributed by atoms with E-state index in [0.29, 0.717) is 0 Å². The summed E-state index contributed by atoms with van der Waals surface area (Å²) < 4.78 is 10.6. The monoisotopic (exact) mass is 343 g/mol. The molecule has 1 fully saturated rings. The van der Waals surface area contributed by atoms with Gasteiger partial charge in [0.05, 0.1) is 26.0 Å². The molecule has 1 aliphatic rings. The van der Waals surface area contributed by atoms with Crippen molar-refractivity contribution in [1.29, 1.82) is 0 Å². The number of nitrogens with one attached hydrogen (secondary N) is 1. The lowest BCUT2D eigenvalue weighted by molar-refractivity contribution is -0.121. The Balaban J connectivity index is 1.49. The lowest BCUT2D eigenvalue weighted by Gasteiger charge is -2.37. The molecule has 0 radical (unpaired) electrons. The van der Waals surface area contributed by atoms with E-state index < -0.39 is 0 Å². The van der Waals surface area contributed by atoms with Gasteiger partial charge in [-0.05, 0) is 31.2 Å². The van der Waals surface area contributed by atoms with Crippen LogP contribution in [0.3, 0.4) is 0 Å². The summed E-state index contributed by atoms with van der Waals surface area (Å²) >= 11 is 0. The molecule has 1 aromatic heterocycles. The zero-order chi connectivity index (χ0) is 17.6. The molecule has 2 heterocycles. The number of hydrogen-bond donors (Lipinski definition) is 1. The first-order valence-corrected chi connectivity index (χ1v) is 8.59. The highest BCUT2D eigenvalue weighted by molar-refractivity contribution is 5.94. The minimum Gasteiger partial charge on any atom is -0.497 e. The number of rotatable bonds is 6. The quantitative estimate of drug-likeness (QED) is 0.873. The van der Waals surface area contributed by atoms with Crippen molar-refractivity contribution in [2.75, 3.05) is 38.6 Å². The van der Waals surface area contributed by atoms with E-state index in [1.165, 1.54) is 0 Å². The number of benzene rings is 1. The van der Waals surface area contributed by atoms with Gasteiger partial charge in [-0.2, -0.15) is 0 Å². The van der Waals surface area contributed by atoms with Crippen molar-refractivity contribution in [3.05, 3.63) is 48.4 Å². The van der Waals surface area contributed by atoms with E-state index in [0.717, 1.165) is 49.9 Å². The van der Waals surface area contributed by atoms with Crippen LogP contribution in [0.5, 0.6) is 5.75 Å². The molecule has 6 nitrogen and oxygen atoms in total. The van der Waals surface area contributed by atoms with Gasteiger partial charge in [0.1, 0.15) is 11.5 Å². The molecule has 0 bridgehead atoms. The average molecular weight is 343 g/mol. The maximum atomic E-state index is 12.5. The predicted molar refractivity (Wildman–Crippen MR) is 96.6 cm³/mol. The molecule has 1 atom stereocenters. The molecule has 25 heavy (non-hydrogen) atoms. The topological polar surface area (TPSA) is 58.0 Å². The van der Waals surface area contributed by atoms with Crippen molar-refractivity contribution in [2.45, 2.75) is 19.5 Å². The van der Waals surface area contributed by atoms with E-state index in [-0.39, 0.29) is 11.9 Å². The summed E-state index contributed by atoms with van der Waals surface area (Å²) in [7, 11) is 1.62. The molecule has 6 heteroatoms. The molecule has 134 valence electrons. The van der Waals surface area contributed by atoms with Crippen LogP contribution in [0.15, 0.2) is 47.1 Å². The van der Waals surface area contributed by atoms with Gasteiger partial charge in [0.25, 0.3) is 0 Å². The van der Waals surface area contributed by atoms with Crippen LogP contribution < -0.4 is 10.1 Å². The van der Waals surface area contributed by atoms with Gasteiger partial charge in [-0.3, -0.25) is 14.6 Å². The Morgan fingerprint density at radius 3 is 2.72 bits per heavy atom. The fourth-order valence-corrected chi connectivity index (χ4v) is 3.05. The number of furan rings is 1. The van der Waals surface area contributed by atoms with Crippen LogP contribution in [-0.2, 0) is 11.3 Å². The molecule has 1 N–H and O–H groups in total. The normalized spacial score (nSPS) is 17.2. The lowest BCUT2D eigenvalue weighted by atomic mass is 10.2. The molecule has 0 unspecified atom stereocenters. The fourth-order valence-electron chi connectivity index (χ4n) is 3.05. The molecule has 2 aromatic rings. The highest BCUT2D eigenvalue weighted by Gasteiger charge is 2.25. The summed E-state index contributed by atoms with van der Waals surface area (Å²) in [4.78, 5) is 17.1. The number of nitrogens with zero attached hydrogens (tertiary/aromatic N) is 2. The standard InChI is InChI=1S/C19H25N3O3/c1-15(19(23)20-16-5-3-6-17(13-16)24-2)22-10-8-21(9-11-22)14-18-7-4-12-25-18/h3-7,12-13,15H,8-11,14H2,1-2H3,(H,20,23)/t15-/m0/s1. The Morgan fingerprint density at radius 1 is 1.24 bits per heavy atom. The van der Waals surface area contributed by atoms with Crippen LogP contribution in [0.1, 0.15) is 12.7 Å². The lowest BCUT2D eigenvalue weighted by Crippen LogP contribution is -2.52. The Hall–Kier alpha value is -2.31. The number of anilines is 1. The molecular weight excluding hydrogens is 318 g/mol. The smallest absolute Gasteiger partial charge is 0.241 e. The third-order valence-corrected chi connectivity index (χ3v) is 4.63. The van der Waals surface area contributed by atoms with Crippen molar-refractivity contribution < 1.29 is 13.9 Å².